The minimum atomic E-state index is -5.60. The molecule has 0 radical (unpaired) electrons. The molecule has 10 N–H and O–H groups in total. The number of benzene rings is 6. The van der Waals surface area contributed by atoms with Gasteiger partial charge in [0.05, 0.1) is 47.1 Å². The molecule has 26 nitrogen and oxygen atoms in total. The van der Waals surface area contributed by atoms with Crippen LogP contribution < -0.4 is 0 Å². The molecule has 62 heavy (non-hydrogen) atoms. The van der Waals surface area contributed by atoms with E-state index in [4.69, 9.17) is 0 Å². The quantitative estimate of drug-likeness (QED) is 0.0676. The summed E-state index contributed by atoms with van der Waals surface area (Å²) < 4.78 is 204. The van der Waals surface area contributed by atoms with Crippen LogP contribution in [0.2, 0.25) is 0 Å². The second kappa shape index (κ2) is 14.8. The predicted octanol–water partition coefficient (Wildman–Crippen LogP) is 4.28. The highest BCUT2D eigenvalue weighted by Crippen LogP contribution is 2.51. The zero-order valence-electron chi connectivity index (χ0n) is 29.4. The van der Waals surface area contributed by atoms with Crippen LogP contribution in [0.15, 0.2) is 110 Å². The van der Waals surface area contributed by atoms with E-state index in [-0.39, 0.29) is 0 Å². The van der Waals surface area contributed by atoms with Gasteiger partial charge < -0.3 is 20.4 Å². The molecule has 0 amide bonds. The van der Waals surface area contributed by atoms with Gasteiger partial charge in [-0.1, -0.05) is 0 Å². The van der Waals surface area contributed by atoms with Gasteiger partial charge >= 0.3 is 0 Å². The summed E-state index contributed by atoms with van der Waals surface area (Å²) >= 11 is 0. The third kappa shape index (κ3) is 8.69. The van der Waals surface area contributed by atoms with Crippen LogP contribution in [0.4, 0.5) is 22.7 Å². The van der Waals surface area contributed by atoms with Crippen LogP contribution in [-0.4, -0.2) is 98.2 Å². The number of rotatable bonds is 10. The van der Waals surface area contributed by atoms with Crippen molar-refractivity contribution >= 4 is 116 Å². The third-order valence-electron chi connectivity index (χ3n) is 8.42. The molecule has 0 unspecified atom stereocenters. The average Bonchev–Trinajstić information content (AvgIpc) is 3.10. The summed E-state index contributed by atoms with van der Waals surface area (Å²) in [4.78, 5) is -6.99. The molecule has 0 saturated heterocycles. The van der Waals surface area contributed by atoms with Crippen molar-refractivity contribution in [2.75, 3.05) is 0 Å². The van der Waals surface area contributed by atoms with E-state index in [1.54, 1.807) is 0 Å². The lowest BCUT2D eigenvalue weighted by atomic mass is 10.1. The highest BCUT2D eigenvalue weighted by molar-refractivity contribution is 7.87. The van der Waals surface area contributed by atoms with Gasteiger partial charge in [0.1, 0.15) is 32.7 Å². The average molecular weight is 981 g/mol. The fourth-order valence-electron chi connectivity index (χ4n) is 5.84. The van der Waals surface area contributed by atoms with E-state index < -0.39 is 168 Å². The minimum absolute atomic E-state index is 0.352. The highest BCUT2D eigenvalue weighted by atomic mass is 32.2. The zero-order valence-corrected chi connectivity index (χ0v) is 34.3. The van der Waals surface area contributed by atoms with Crippen LogP contribution in [0.3, 0.4) is 0 Å². The molecular formula is C30H20N4O22S6. The second-order valence-electron chi connectivity index (χ2n) is 12.5. The van der Waals surface area contributed by atoms with Gasteiger partial charge in [0.15, 0.2) is 11.5 Å². The molecule has 6 aromatic carbocycles. The first-order valence-corrected chi connectivity index (χ1v) is 24.2. The summed E-state index contributed by atoms with van der Waals surface area (Å²) in [6.07, 6.45) is 0. The smallest absolute Gasteiger partial charge is 0.296 e. The molecule has 0 fully saturated rings. The van der Waals surface area contributed by atoms with Crippen LogP contribution in [-0.2, 0) is 60.7 Å². The van der Waals surface area contributed by atoms with Crippen LogP contribution in [0.5, 0.6) is 23.0 Å². The number of aromatic hydroxyl groups is 4. The summed E-state index contributed by atoms with van der Waals surface area (Å²) in [5, 5.41) is 54.0. The summed E-state index contributed by atoms with van der Waals surface area (Å²) in [6, 6.07) is 5.04. The lowest BCUT2D eigenvalue weighted by Crippen LogP contribution is -2.02. The molecule has 6 rings (SSSR count). The number of phenols is 4. The van der Waals surface area contributed by atoms with Gasteiger partial charge in [-0.3, -0.25) is 27.3 Å². The van der Waals surface area contributed by atoms with Crippen molar-refractivity contribution in [1.29, 1.82) is 0 Å². The van der Waals surface area contributed by atoms with Crippen molar-refractivity contribution in [3.8, 4) is 23.0 Å². The van der Waals surface area contributed by atoms with Crippen molar-refractivity contribution in [3.63, 3.8) is 0 Å². The molecule has 0 aliphatic carbocycles. The molecule has 0 saturated carbocycles. The maximum atomic E-state index is 12.6. The molecular weight excluding hydrogens is 961 g/mol. The first kappa shape index (κ1) is 45.5. The second-order valence-corrected chi connectivity index (χ2v) is 20.9. The molecule has 32 heteroatoms. The Balaban J connectivity index is 1.67. The molecule has 6 aromatic rings. The van der Waals surface area contributed by atoms with E-state index in [1.165, 1.54) is 0 Å². The molecule has 0 aliphatic rings. The zero-order chi connectivity index (χ0) is 46.4. The van der Waals surface area contributed by atoms with Gasteiger partial charge in [-0.15, -0.1) is 20.5 Å². The number of azo groups is 2. The Labute approximate surface area is 345 Å². The lowest BCUT2D eigenvalue weighted by molar-refractivity contribution is 0.458. The molecule has 0 aromatic heterocycles. The Hall–Kier alpha value is -6.04. The van der Waals surface area contributed by atoms with Crippen molar-refractivity contribution in [2.24, 2.45) is 20.5 Å². The van der Waals surface area contributed by atoms with Gasteiger partial charge in [0.2, 0.25) is 0 Å². The van der Waals surface area contributed by atoms with E-state index >= 15 is 0 Å². The summed E-state index contributed by atoms with van der Waals surface area (Å²) in [7, 11) is -31.8. The van der Waals surface area contributed by atoms with Gasteiger partial charge in [-0.05, 0) is 64.7 Å². The fourth-order valence-corrected chi connectivity index (χ4v) is 9.30. The Kier molecular flexibility index (Phi) is 10.9. The molecule has 0 atom stereocenters. The monoisotopic (exact) mass is 980 g/mol. The van der Waals surface area contributed by atoms with E-state index in [0.717, 1.165) is 0 Å². The van der Waals surface area contributed by atoms with Crippen LogP contribution >= 0.6 is 0 Å². The largest absolute Gasteiger partial charge is 0.507 e. The predicted molar refractivity (Wildman–Crippen MR) is 206 cm³/mol. The number of hydrogen-bond donors (Lipinski definition) is 10. The van der Waals surface area contributed by atoms with E-state index in [2.05, 4.69) is 20.5 Å². The first-order chi connectivity index (χ1) is 28.2. The van der Waals surface area contributed by atoms with Crippen molar-refractivity contribution in [1.82, 2.24) is 0 Å². The third-order valence-corrected chi connectivity index (χ3v) is 13.5. The molecule has 0 aliphatic heterocycles. The Bertz CT molecular complexity index is 3530. The van der Waals surface area contributed by atoms with Crippen molar-refractivity contribution < 1.29 is 98.2 Å². The van der Waals surface area contributed by atoms with E-state index in [1.807, 2.05) is 0 Å². The maximum Gasteiger partial charge on any atom is 0.296 e. The summed E-state index contributed by atoms with van der Waals surface area (Å²) in [5.41, 5.74) is -4.41. The minimum Gasteiger partial charge on any atom is -0.507 e. The topological polar surface area (TPSA) is 457 Å². The number of hydrogen-bond acceptors (Lipinski definition) is 20. The standard InChI is InChI=1S/C30H20N4O22S6/c35-20-9-16(59(45,46)47)3-11-1-14(57(39,40)41)7-18(24(11)20)31-33-27-22(61(51,52)53)5-13-6-23(62(54,55)56)28(30(38)26(13)29(27)37)34-32-19-8-15(58(42,43)44)2-12-4-17(60(48,49)50)10-21(36)25(12)19/h1-10,35-38H,(H,39,40,41)(H,42,43,44)(H,45,46,47)(H,48,49,50)(H,51,52,53)(H,54,55,56). The SMILES string of the molecule is O=S(=O)(O)c1cc(O)c2c(N=Nc3c(S(=O)(=O)O)cc4cc(S(=O)(=O)O)c(N=Nc5cc(S(=O)(=O)O)cc6cc(S(=O)(=O)O)cc(O)c56)c(O)c4c3O)cc(S(=O)(=O)O)cc2c1. The van der Waals surface area contributed by atoms with Crippen molar-refractivity contribution in [2.45, 2.75) is 29.4 Å². The fraction of sp³-hybridized carbons (Fsp3) is 0. The van der Waals surface area contributed by atoms with Gasteiger partial charge in [-0.25, -0.2) is 0 Å². The molecule has 0 spiro atoms. The van der Waals surface area contributed by atoms with Crippen molar-refractivity contribution in [3.05, 3.63) is 60.7 Å². The number of phenolic OH excluding ortho intramolecular Hbond substituents is 4. The Morgan fingerprint density at radius 2 is 0.597 bits per heavy atom. The lowest BCUT2D eigenvalue weighted by Gasteiger charge is -2.14. The van der Waals surface area contributed by atoms with Gasteiger partial charge in [0, 0.05) is 12.1 Å². The normalized spacial score (nSPS) is 13.6. The maximum absolute atomic E-state index is 12.6. The van der Waals surface area contributed by atoms with Gasteiger partial charge in [-0.2, -0.15) is 50.5 Å². The molecule has 328 valence electrons. The molecule has 0 bridgehead atoms. The molecule has 0 heterocycles. The number of fused-ring (bicyclic) bond motifs is 3. The van der Waals surface area contributed by atoms with Crippen LogP contribution in [0.1, 0.15) is 0 Å². The summed E-state index contributed by atoms with van der Waals surface area (Å²) in [5.74, 6) is -5.15. The van der Waals surface area contributed by atoms with E-state index in [9.17, 15) is 98.2 Å². The van der Waals surface area contributed by atoms with E-state index in [0.29, 0.717) is 60.7 Å². The first-order valence-electron chi connectivity index (χ1n) is 15.5. The highest BCUT2D eigenvalue weighted by Gasteiger charge is 2.30. The summed E-state index contributed by atoms with van der Waals surface area (Å²) in [6.45, 7) is 0. The Morgan fingerprint density at radius 1 is 0.323 bits per heavy atom. The Morgan fingerprint density at radius 3 is 0.871 bits per heavy atom. The number of nitrogens with zero attached hydrogens (tertiary/aromatic N) is 4. The van der Waals surface area contributed by atoms with Crippen LogP contribution in [0, 0.1) is 0 Å². The van der Waals surface area contributed by atoms with Gasteiger partial charge in [0.25, 0.3) is 60.7 Å². The van der Waals surface area contributed by atoms with Crippen LogP contribution in [0.25, 0.3) is 32.3 Å².